The molecule has 2 fully saturated rings. The summed E-state index contributed by atoms with van der Waals surface area (Å²) in [6.07, 6.45) is 2.69. The van der Waals surface area contributed by atoms with Crippen LogP contribution in [0.15, 0.2) is 0 Å². The van der Waals surface area contributed by atoms with E-state index < -0.39 is 11.5 Å². The molecule has 0 spiro atoms. The topological polar surface area (TPSA) is 55.8 Å². The van der Waals surface area contributed by atoms with Crippen molar-refractivity contribution in [2.24, 2.45) is 5.41 Å². The molecule has 3 atom stereocenters. The van der Waals surface area contributed by atoms with Gasteiger partial charge in [0.05, 0.1) is 12.2 Å². The molecular weight excluding hydrogens is 184 g/mol. The minimum atomic E-state index is -0.795. The Labute approximate surface area is 83.2 Å². The van der Waals surface area contributed by atoms with Crippen LogP contribution in [0.5, 0.6) is 0 Å². The van der Waals surface area contributed by atoms with E-state index in [4.69, 9.17) is 9.47 Å². The van der Waals surface area contributed by atoms with E-state index in [1.807, 2.05) is 0 Å². The Balaban J connectivity index is 2.30. The average molecular weight is 200 g/mol. The second-order valence-electron chi connectivity index (χ2n) is 4.17. The van der Waals surface area contributed by atoms with Crippen molar-refractivity contribution in [2.45, 2.75) is 44.8 Å². The maximum Gasteiger partial charge on any atom is 0.319 e. The molecule has 1 saturated carbocycles. The summed E-state index contributed by atoms with van der Waals surface area (Å²) < 4.78 is 10.3. The van der Waals surface area contributed by atoms with Crippen LogP contribution in [-0.2, 0) is 14.3 Å². The lowest BCUT2D eigenvalue weighted by Crippen LogP contribution is -2.57. The number of hydrogen-bond donors (Lipinski definition) is 1. The molecule has 0 aromatic heterocycles. The minimum Gasteiger partial charge on any atom is -0.438 e. The molecule has 3 unspecified atom stereocenters. The summed E-state index contributed by atoms with van der Waals surface area (Å²) in [5, 5.41) is 9.75. The SMILES string of the molecule is CC(O)C12CCCCC1OCOC2=O. The fourth-order valence-electron chi connectivity index (χ4n) is 2.58. The number of cyclic esters (lactones) is 1. The van der Waals surface area contributed by atoms with Gasteiger partial charge in [-0.05, 0) is 19.8 Å². The van der Waals surface area contributed by atoms with Crippen LogP contribution >= 0.6 is 0 Å². The normalized spacial score (nSPS) is 39.9. The van der Waals surface area contributed by atoms with Crippen molar-refractivity contribution in [2.75, 3.05) is 6.79 Å². The van der Waals surface area contributed by atoms with Crippen LogP contribution in [0.1, 0.15) is 32.6 Å². The van der Waals surface area contributed by atoms with Crippen molar-refractivity contribution >= 4 is 5.97 Å². The Morgan fingerprint density at radius 3 is 3.00 bits per heavy atom. The number of carbonyl (C=O) groups excluding carboxylic acids is 1. The van der Waals surface area contributed by atoms with Gasteiger partial charge in [0.25, 0.3) is 0 Å². The summed E-state index contributed by atoms with van der Waals surface area (Å²) in [5.41, 5.74) is -0.795. The molecule has 0 bridgehead atoms. The van der Waals surface area contributed by atoms with E-state index >= 15 is 0 Å². The average Bonchev–Trinajstić information content (AvgIpc) is 2.18. The number of aliphatic hydroxyl groups is 1. The van der Waals surface area contributed by atoms with E-state index in [0.717, 1.165) is 19.3 Å². The monoisotopic (exact) mass is 200 g/mol. The zero-order chi connectivity index (χ0) is 10.2. The Bertz CT molecular complexity index is 236. The molecule has 14 heavy (non-hydrogen) atoms. The molecular formula is C10H16O4. The van der Waals surface area contributed by atoms with Gasteiger partial charge in [-0.25, -0.2) is 0 Å². The Morgan fingerprint density at radius 2 is 2.36 bits per heavy atom. The number of carbonyl (C=O) groups is 1. The third-order valence-electron chi connectivity index (χ3n) is 3.47. The zero-order valence-corrected chi connectivity index (χ0v) is 8.36. The first-order valence-corrected chi connectivity index (χ1v) is 5.15. The lowest BCUT2D eigenvalue weighted by Gasteiger charge is -2.46. The molecule has 1 heterocycles. The summed E-state index contributed by atoms with van der Waals surface area (Å²) in [7, 11) is 0. The molecule has 0 radical (unpaired) electrons. The van der Waals surface area contributed by atoms with Gasteiger partial charge in [-0.3, -0.25) is 4.79 Å². The second-order valence-corrected chi connectivity index (χ2v) is 4.17. The Kier molecular flexibility index (Phi) is 2.49. The molecule has 1 saturated heterocycles. The summed E-state index contributed by atoms with van der Waals surface area (Å²) in [6, 6.07) is 0. The van der Waals surface area contributed by atoms with Gasteiger partial charge < -0.3 is 14.6 Å². The van der Waals surface area contributed by atoms with Gasteiger partial charge in [0.15, 0.2) is 6.79 Å². The van der Waals surface area contributed by atoms with E-state index in [9.17, 15) is 9.90 Å². The third-order valence-corrected chi connectivity index (χ3v) is 3.47. The van der Waals surface area contributed by atoms with E-state index in [2.05, 4.69) is 0 Å². The molecule has 0 amide bonds. The molecule has 0 aromatic carbocycles. The number of rotatable bonds is 1. The van der Waals surface area contributed by atoms with Crippen LogP contribution in [0.2, 0.25) is 0 Å². The highest BCUT2D eigenvalue weighted by Gasteiger charge is 2.54. The second kappa shape index (κ2) is 3.51. The van der Waals surface area contributed by atoms with Gasteiger partial charge in [-0.1, -0.05) is 12.8 Å². The van der Waals surface area contributed by atoms with Gasteiger partial charge in [-0.15, -0.1) is 0 Å². The molecule has 0 aromatic rings. The number of ether oxygens (including phenoxy) is 2. The van der Waals surface area contributed by atoms with Crippen molar-refractivity contribution in [3.8, 4) is 0 Å². The van der Waals surface area contributed by atoms with E-state index in [1.165, 1.54) is 0 Å². The number of hydrogen-bond acceptors (Lipinski definition) is 4. The molecule has 1 aliphatic heterocycles. The molecule has 1 aliphatic carbocycles. The first-order chi connectivity index (χ1) is 6.68. The van der Waals surface area contributed by atoms with Crippen LogP contribution in [0, 0.1) is 5.41 Å². The molecule has 4 nitrogen and oxygen atoms in total. The number of fused-ring (bicyclic) bond motifs is 1. The number of aliphatic hydroxyl groups excluding tert-OH is 1. The number of esters is 1. The van der Waals surface area contributed by atoms with Crippen molar-refractivity contribution in [3.05, 3.63) is 0 Å². The quantitative estimate of drug-likeness (QED) is 0.637. The molecule has 2 aliphatic rings. The summed E-state index contributed by atoms with van der Waals surface area (Å²) >= 11 is 0. The maximum absolute atomic E-state index is 11.7. The fourth-order valence-corrected chi connectivity index (χ4v) is 2.58. The predicted molar refractivity (Wildman–Crippen MR) is 48.4 cm³/mol. The molecule has 4 heteroatoms. The highest BCUT2D eigenvalue weighted by molar-refractivity contribution is 5.79. The predicted octanol–water partition coefficient (Wildman–Crippen LogP) is 0.827. The first kappa shape index (κ1) is 9.93. The van der Waals surface area contributed by atoms with Crippen LogP contribution in [0.4, 0.5) is 0 Å². The third kappa shape index (κ3) is 1.25. The standard InChI is InChI=1S/C10H16O4/c1-7(11)10-5-3-2-4-8(10)13-6-14-9(10)12/h7-8,11H,2-6H2,1H3. The van der Waals surface area contributed by atoms with Crippen LogP contribution < -0.4 is 0 Å². The first-order valence-electron chi connectivity index (χ1n) is 5.15. The summed E-state index contributed by atoms with van der Waals surface area (Å²) in [6.45, 7) is 1.69. The maximum atomic E-state index is 11.7. The molecule has 2 rings (SSSR count). The minimum absolute atomic E-state index is 0.0397. The fraction of sp³-hybridized carbons (Fsp3) is 0.900. The summed E-state index contributed by atoms with van der Waals surface area (Å²) in [5.74, 6) is -0.288. The van der Waals surface area contributed by atoms with E-state index in [-0.39, 0.29) is 18.9 Å². The van der Waals surface area contributed by atoms with Crippen molar-refractivity contribution in [1.29, 1.82) is 0 Å². The van der Waals surface area contributed by atoms with Gasteiger partial charge in [0.2, 0.25) is 0 Å². The van der Waals surface area contributed by atoms with Crippen molar-refractivity contribution in [1.82, 2.24) is 0 Å². The highest BCUT2D eigenvalue weighted by atomic mass is 16.7. The summed E-state index contributed by atoms with van der Waals surface area (Å²) in [4.78, 5) is 11.7. The molecule has 80 valence electrons. The Morgan fingerprint density at radius 1 is 1.57 bits per heavy atom. The van der Waals surface area contributed by atoms with Gasteiger partial charge in [-0.2, -0.15) is 0 Å². The Hall–Kier alpha value is -0.610. The van der Waals surface area contributed by atoms with Gasteiger partial charge in [0, 0.05) is 0 Å². The van der Waals surface area contributed by atoms with Crippen LogP contribution in [0.3, 0.4) is 0 Å². The lowest BCUT2D eigenvalue weighted by atomic mass is 9.68. The van der Waals surface area contributed by atoms with E-state index in [0.29, 0.717) is 6.42 Å². The van der Waals surface area contributed by atoms with Crippen molar-refractivity contribution < 1.29 is 19.4 Å². The highest BCUT2D eigenvalue weighted by Crippen LogP contribution is 2.44. The van der Waals surface area contributed by atoms with Crippen LogP contribution in [0.25, 0.3) is 0 Å². The van der Waals surface area contributed by atoms with Crippen LogP contribution in [-0.4, -0.2) is 30.1 Å². The van der Waals surface area contributed by atoms with Gasteiger partial charge in [0.1, 0.15) is 5.41 Å². The van der Waals surface area contributed by atoms with Crippen molar-refractivity contribution in [3.63, 3.8) is 0 Å². The smallest absolute Gasteiger partial charge is 0.319 e. The van der Waals surface area contributed by atoms with Gasteiger partial charge >= 0.3 is 5.97 Å². The lowest BCUT2D eigenvalue weighted by molar-refractivity contribution is -0.236. The van der Waals surface area contributed by atoms with E-state index in [1.54, 1.807) is 6.92 Å². The molecule has 1 N–H and O–H groups in total. The zero-order valence-electron chi connectivity index (χ0n) is 8.36. The largest absolute Gasteiger partial charge is 0.438 e.